The van der Waals surface area contributed by atoms with Gasteiger partial charge in [-0.3, -0.25) is 0 Å². The molecule has 0 spiro atoms. The van der Waals surface area contributed by atoms with Gasteiger partial charge in [-0.1, -0.05) is 71.7 Å². The van der Waals surface area contributed by atoms with Crippen molar-refractivity contribution in [3.8, 4) is 0 Å². The van der Waals surface area contributed by atoms with E-state index in [1.54, 1.807) is 0 Å². The summed E-state index contributed by atoms with van der Waals surface area (Å²) in [5.74, 6) is 0.616. The van der Waals surface area contributed by atoms with E-state index in [2.05, 4.69) is 88.8 Å². The second-order valence-corrected chi connectivity index (χ2v) is 7.50. The quantitative estimate of drug-likeness (QED) is 0.340. The predicted molar refractivity (Wildman–Crippen MR) is 100 cm³/mol. The monoisotopic (exact) mass is 462 g/mol. The van der Waals surface area contributed by atoms with Crippen molar-refractivity contribution in [2.45, 2.75) is 31.0 Å². The van der Waals surface area contributed by atoms with Gasteiger partial charge >= 0.3 is 0 Å². The van der Waals surface area contributed by atoms with E-state index in [1.807, 2.05) is 6.07 Å². The van der Waals surface area contributed by atoms with Crippen LogP contribution in [0.5, 0.6) is 0 Å². The summed E-state index contributed by atoms with van der Waals surface area (Å²) in [5.41, 5.74) is 3.85. The van der Waals surface area contributed by atoms with Crippen LogP contribution in [0.4, 0.5) is 0 Å². The Bertz CT molecular complexity index is 580. The molecule has 2 atom stereocenters. The van der Waals surface area contributed by atoms with E-state index in [0.29, 0.717) is 5.92 Å². The predicted octanol–water partition coefficient (Wildman–Crippen LogP) is 6.94. The molecule has 2 rings (SSSR count). The highest BCUT2D eigenvalue weighted by molar-refractivity contribution is 14.1. The molecule has 106 valence electrons. The highest BCUT2D eigenvalue weighted by Crippen LogP contribution is 2.34. The average Bonchev–Trinajstić information content (AvgIpc) is 2.48. The molecule has 2 aromatic rings. The lowest BCUT2D eigenvalue weighted by atomic mass is 9.96. The van der Waals surface area contributed by atoms with Crippen LogP contribution in [0.3, 0.4) is 0 Å². The molecule has 0 aliphatic heterocycles. The van der Waals surface area contributed by atoms with Crippen molar-refractivity contribution in [3.05, 3.63) is 67.7 Å². The van der Waals surface area contributed by atoms with Crippen molar-refractivity contribution in [3.63, 3.8) is 0 Å². The van der Waals surface area contributed by atoms with Crippen LogP contribution in [0.25, 0.3) is 0 Å². The average molecular weight is 464 g/mol. The van der Waals surface area contributed by atoms with Gasteiger partial charge in [0.05, 0.1) is 9.85 Å². The third kappa shape index (κ3) is 3.77. The number of alkyl halides is 1. The molecule has 0 radical (unpaired) electrons. The van der Waals surface area contributed by atoms with Crippen LogP contribution < -0.4 is 0 Å². The van der Waals surface area contributed by atoms with Gasteiger partial charge in [-0.05, 0) is 63.8 Å². The molecule has 0 fully saturated rings. The number of hydrogen-bond acceptors (Lipinski definition) is 0. The maximum absolute atomic E-state index is 6.20. The van der Waals surface area contributed by atoms with Gasteiger partial charge in [0.2, 0.25) is 0 Å². The lowest BCUT2D eigenvalue weighted by Crippen LogP contribution is -1.96. The van der Waals surface area contributed by atoms with Crippen molar-refractivity contribution in [2.24, 2.45) is 0 Å². The zero-order valence-electron chi connectivity index (χ0n) is 11.5. The molecule has 2 unspecified atom stereocenters. The van der Waals surface area contributed by atoms with E-state index < -0.39 is 0 Å². The Kier molecular flexibility index (Phi) is 5.94. The maximum atomic E-state index is 6.20. The molecular formula is C17H17BrClI. The molecule has 0 aliphatic carbocycles. The SMILES string of the molecule is CCC(C)c1ccc(C(Br)c2ccc(I)c(Cl)c2)cc1. The molecule has 2 aromatic carbocycles. The van der Waals surface area contributed by atoms with Crippen molar-refractivity contribution >= 4 is 50.1 Å². The topological polar surface area (TPSA) is 0 Å². The highest BCUT2D eigenvalue weighted by atomic mass is 127. The third-order valence-electron chi connectivity index (χ3n) is 3.65. The van der Waals surface area contributed by atoms with Crippen LogP contribution in [0.1, 0.15) is 47.7 Å². The summed E-state index contributed by atoms with van der Waals surface area (Å²) in [6.45, 7) is 4.49. The molecule has 0 saturated carbocycles. The van der Waals surface area contributed by atoms with Crippen LogP contribution in [-0.4, -0.2) is 0 Å². The minimum Gasteiger partial charge on any atom is -0.0832 e. The molecule has 0 N–H and O–H groups in total. The van der Waals surface area contributed by atoms with E-state index in [0.717, 1.165) is 8.59 Å². The Hall–Kier alpha value is -0.0600. The van der Waals surface area contributed by atoms with Crippen molar-refractivity contribution in [1.82, 2.24) is 0 Å². The van der Waals surface area contributed by atoms with Crippen molar-refractivity contribution in [1.29, 1.82) is 0 Å². The minimum atomic E-state index is 0.183. The molecule has 0 saturated heterocycles. The molecule has 0 nitrogen and oxygen atoms in total. The minimum absolute atomic E-state index is 0.183. The Balaban J connectivity index is 2.24. The molecule has 0 bridgehead atoms. The molecule has 20 heavy (non-hydrogen) atoms. The first-order chi connectivity index (χ1) is 9.52. The molecular weight excluding hydrogens is 446 g/mol. The fourth-order valence-electron chi connectivity index (χ4n) is 2.09. The Morgan fingerprint density at radius 2 is 1.60 bits per heavy atom. The van der Waals surface area contributed by atoms with Gasteiger partial charge in [-0.15, -0.1) is 0 Å². The van der Waals surface area contributed by atoms with Gasteiger partial charge in [-0.2, -0.15) is 0 Å². The Morgan fingerprint density at radius 3 is 2.15 bits per heavy atom. The Labute approximate surface area is 148 Å². The zero-order valence-corrected chi connectivity index (χ0v) is 16.0. The zero-order chi connectivity index (χ0) is 14.7. The van der Waals surface area contributed by atoms with E-state index in [9.17, 15) is 0 Å². The molecule has 0 amide bonds. The number of hydrogen-bond donors (Lipinski definition) is 0. The van der Waals surface area contributed by atoms with Gasteiger partial charge in [0.25, 0.3) is 0 Å². The highest BCUT2D eigenvalue weighted by Gasteiger charge is 2.12. The summed E-state index contributed by atoms with van der Waals surface area (Å²) >= 11 is 12.2. The molecule has 0 heterocycles. The van der Waals surface area contributed by atoms with E-state index in [4.69, 9.17) is 11.6 Å². The first kappa shape index (κ1) is 16.3. The summed E-state index contributed by atoms with van der Waals surface area (Å²) in [5, 5.41) is 0.809. The van der Waals surface area contributed by atoms with Crippen LogP contribution in [-0.2, 0) is 0 Å². The number of benzene rings is 2. The van der Waals surface area contributed by atoms with Gasteiger partial charge in [0, 0.05) is 3.57 Å². The fourth-order valence-corrected chi connectivity index (χ4v) is 3.21. The summed E-state index contributed by atoms with van der Waals surface area (Å²) < 4.78 is 1.08. The summed E-state index contributed by atoms with van der Waals surface area (Å²) in [6, 6.07) is 15.1. The second-order valence-electron chi connectivity index (χ2n) is 5.01. The largest absolute Gasteiger partial charge is 0.0832 e. The normalized spacial score (nSPS) is 14.1. The molecule has 0 aliphatic rings. The lowest BCUT2D eigenvalue weighted by molar-refractivity contribution is 0.733. The maximum Gasteiger partial charge on any atom is 0.0645 e. The standard InChI is InChI=1S/C17H17BrClI/c1-3-11(2)12-4-6-13(7-5-12)17(18)14-8-9-16(20)15(19)10-14/h4-11,17H,3H2,1-2H3. The van der Waals surface area contributed by atoms with Gasteiger partial charge in [0.1, 0.15) is 0 Å². The summed E-state index contributed by atoms with van der Waals surface area (Å²) in [6.07, 6.45) is 1.17. The number of halogens is 3. The summed E-state index contributed by atoms with van der Waals surface area (Å²) in [7, 11) is 0. The van der Waals surface area contributed by atoms with E-state index >= 15 is 0 Å². The second kappa shape index (κ2) is 7.28. The lowest BCUT2D eigenvalue weighted by Gasteiger charge is -2.14. The van der Waals surface area contributed by atoms with E-state index in [-0.39, 0.29) is 4.83 Å². The first-order valence-electron chi connectivity index (χ1n) is 6.71. The Morgan fingerprint density at radius 1 is 1.05 bits per heavy atom. The number of rotatable bonds is 4. The van der Waals surface area contributed by atoms with Gasteiger partial charge in [0.15, 0.2) is 0 Å². The smallest absolute Gasteiger partial charge is 0.0645 e. The fraction of sp³-hybridized carbons (Fsp3) is 0.294. The van der Waals surface area contributed by atoms with Crippen LogP contribution >= 0.6 is 50.1 Å². The van der Waals surface area contributed by atoms with Gasteiger partial charge in [-0.25, -0.2) is 0 Å². The third-order valence-corrected chi connectivity index (χ3v) is 6.28. The van der Waals surface area contributed by atoms with Crippen LogP contribution in [0.2, 0.25) is 5.02 Å². The van der Waals surface area contributed by atoms with Crippen molar-refractivity contribution < 1.29 is 0 Å². The molecule has 3 heteroatoms. The van der Waals surface area contributed by atoms with E-state index in [1.165, 1.54) is 23.1 Å². The molecule has 0 aromatic heterocycles. The van der Waals surface area contributed by atoms with Crippen molar-refractivity contribution in [2.75, 3.05) is 0 Å². The van der Waals surface area contributed by atoms with Crippen LogP contribution in [0.15, 0.2) is 42.5 Å². The van der Waals surface area contributed by atoms with Crippen LogP contribution in [0, 0.1) is 3.57 Å². The summed E-state index contributed by atoms with van der Waals surface area (Å²) in [4.78, 5) is 0.183. The van der Waals surface area contributed by atoms with Gasteiger partial charge < -0.3 is 0 Å². The first-order valence-corrected chi connectivity index (χ1v) is 9.09.